The average molecular weight is 406 g/mol. The molecule has 2 rings (SSSR count). The third kappa shape index (κ3) is 6.85. The summed E-state index contributed by atoms with van der Waals surface area (Å²) in [5.41, 5.74) is 0. The second-order valence-corrected chi connectivity index (χ2v) is 7.71. The molecular weight excluding hydrogens is 385 g/mol. The number of carbonyl (C=O) groups is 3. The Morgan fingerprint density at radius 3 is 2.63 bits per heavy atom. The molecular formula is C17H21F3N2O4S. The third-order valence-electron chi connectivity index (χ3n) is 4.22. The number of thiophene rings is 1. The smallest absolute Gasteiger partial charge is 0.391 e. The zero-order valence-corrected chi connectivity index (χ0v) is 15.5. The summed E-state index contributed by atoms with van der Waals surface area (Å²) < 4.78 is 43.0. The van der Waals surface area contributed by atoms with E-state index in [2.05, 4.69) is 10.6 Å². The maximum atomic E-state index is 12.8. The van der Waals surface area contributed by atoms with Crippen LogP contribution in [0.1, 0.15) is 40.2 Å². The first-order valence-electron chi connectivity index (χ1n) is 8.51. The molecule has 2 atom stereocenters. The monoisotopic (exact) mass is 406 g/mol. The van der Waals surface area contributed by atoms with Crippen LogP contribution in [-0.4, -0.2) is 43.2 Å². The summed E-state index contributed by atoms with van der Waals surface area (Å²) in [4.78, 5) is 36.6. The maximum Gasteiger partial charge on any atom is 0.391 e. The number of esters is 1. The van der Waals surface area contributed by atoms with Gasteiger partial charge in [-0.2, -0.15) is 13.2 Å². The lowest BCUT2D eigenvalue weighted by atomic mass is 9.85. The lowest BCUT2D eigenvalue weighted by molar-refractivity contribution is -0.184. The van der Waals surface area contributed by atoms with Crippen LogP contribution in [0.2, 0.25) is 0 Å². The van der Waals surface area contributed by atoms with Crippen molar-refractivity contribution in [1.29, 1.82) is 0 Å². The van der Waals surface area contributed by atoms with Crippen molar-refractivity contribution in [2.45, 2.75) is 44.8 Å². The Balaban J connectivity index is 1.67. The van der Waals surface area contributed by atoms with Crippen molar-refractivity contribution in [3.8, 4) is 0 Å². The highest BCUT2D eigenvalue weighted by Crippen LogP contribution is 2.37. The predicted molar refractivity (Wildman–Crippen MR) is 92.3 cm³/mol. The Morgan fingerprint density at radius 2 is 2.00 bits per heavy atom. The summed E-state index contributed by atoms with van der Waals surface area (Å²) in [6.45, 7) is 0.847. The van der Waals surface area contributed by atoms with Gasteiger partial charge in [0.05, 0.1) is 10.8 Å². The molecule has 0 aliphatic heterocycles. The number of halogens is 3. The fourth-order valence-electron chi connectivity index (χ4n) is 2.88. The summed E-state index contributed by atoms with van der Waals surface area (Å²) in [5.74, 6) is -3.30. The maximum absolute atomic E-state index is 12.8. The van der Waals surface area contributed by atoms with Crippen LogP contribution >= 0.6 is 11.3 Å². The summed E-state index contributed by atoms with van der Waals surface area (Å²) >= 11 is 1.28. The van der Waals surface area contributed by atoms with Crippen molar-refractivity contribution in [2.24, 2.45) is 5.92 Å². The van der Waals surface area contributed by atoms with Gasteiger partial charge in [-0.3, -0.25) is 14.4 Å². The highest BCUT2D eigenvalue weighted by atomic mass is 32.1. The fraction of sp³-hybridized carbons (Fsp3) is 0.588. The van der Waals surface area contributed by atoms with Crippen LogP contribution in [0, 0.1) is 12.8 Å². The largest absolute Gasteiger partial charge is 0.454 e. The number of aryl methyl sites for hydroxylation is 1. The minimum atomic E-state index is -4.27. The molecule has 0 radical (unpaired) electrons. The molecule has 1 aromatic rings. The molecule has 6 nitrogen and oxygen atoms in total. The number of amides is 2. The first-order chi connectivity index (χ1) is 12.6. The lowest BCUT2D eigenvalue weighted by Crippen LogP contribution is -2.43. The minimum Gasteiger partial charge on any atom is -0.454 e. The lowest BCUT2D eigenvalue weighted by Gasteiger charge is -2.30. The van der Waals surface area contributed by atoms with Crippen molar-refractivity contribution < 1.29 is 32.3 Å². The van der Waals surface area contributed by atoms with Gasteiger partial charge in [0.25, 0.3) is 11.8 Å². The Morgan fingerprint density at radius 1 is 1.26 bits per heavy atom. The van der Waals surface area contributed by atoms with Gasteiger partial charge in [-0.25, -0.2) is 0 Å². The average Bonchev–Trinajstić information content (AvgIpc) is 3.04. The number of hydrogen-bond acceptors (Lipinski definition) is 5. The number of ether oxygens (including phenoxy) is 1. The van der Waals surface area contributed by atoms with Gasteiger partial charge >= 0.3 is 12.1 Å². The second-order valence-electron chi connectivity index (χ2n) is 6.42. The summed E-state index contributed by atoms with van der Waals surface area (Å²) in [7, 11) is 0. The quantitative estimate of drug-likeness (QED) is 0.712. The van der Waals surface area contributed by atoms with Crippen molar-refractivity contribution in [1.82, 2.24) is 10.6 Å². The number of carbonyl (C=O) groups excluding carboxylic acids is 3. The van der Waals surface area contributed by atoms with Gasteiger partial charge in [-0.05, 0) is 38.3 Å². The molecule has 150 valence electrons. The van der Waals surface area contributed by atoms with E-state index in [1.54, 1.807) is 12.1 Å². The van der Waals surface area contributed by atoms with Gasteiger partial charge in [0.1, 0.15) is 6.54 Å². The summed E-state index contributed by atoms with van der Waals surface area (Å²) in [6.07, 6.45) is -3.53. The predicted octanol–water partition coefficient (Wildman–Crippen LogP) is 2.57. The molecule has 0 bridgehead atoms. The molecule has 2 amide bonds. The van der Waals surface area contributed by atoms with Crippen molar-refractivity contribution in [2.75, 3.05) is 13.2 Å². The Kier molecular flexibility index (Phi) is 7.23. The van der Waals surface area contributed by atoms with E-state index >= 15 is 0 Å². The molecule has 27 heavy (non-hydrogen) atoms. The molecule has 2 N–H and O–H groups in total. The number of alkyl halides is 3. The first-order valence-corrected chi connectivity index (χ1v) is 9.33. The standard InChI is InChI=1S/C17H21F3N2O4S/c1-10-5-6-13(27-10)16(25)21-8-15(24)26-9-14(23)22-12-4-2-3-11(7-12)17(18,19)20/h5-6,11-12H,2-4,7-9H2,1H3,(H,21,25)(H,22,23)/t11-,12-/m0/s1. The van der Waals surface area contributed by atoms with E-state index in [1.807, 2.05) is 6.92 Å². The second kappa shape index (κ2) is 9.20. The third-order valence-corrected chi connectivity index (χ3v) is 5.22. The van der Waals surface area contributed by atoms with Crippen molar-refractivity contribution in [3.05, 3.63) is 21.9 Å². The highest BCUT2D eigenvalue weighted by Gasteiger charge is 2.42. The van der Waals surface area contributed by atoms with Gasteiger partial charge in [-0.1, -0.05) is 6.42 Å². The van der Waals surface area contributed by atoms with E-state index < -0.39 is 49.1 Å². The molecule has 1 saturated carbocycles. The first kappa shape index (κ1) is 21.2. The molecule has 1 aromatic heterocycles. The molecule has 1 aliphatic rings. The van der Waals surface area contributed by atoms with E-state index in [0.29, 0.717) is 17.7 Å². The van der Waals surface area contributed by atoms with Crippen LogP contribution in [0.25, 0.3) is 0 Å². The number of nitrogens with one attached hydrogen (secondary N) is 2. The topological polar surface area (TPSA) is 84.5 Å². The van der Waals surface area contributed by atoms with Gasteiger partial charge in [0.15, 0.2) is 6.61 Å². The van der Waals surface area contributed by atoms with E-state index in [0.717, 1.165) is 4.88 Å². The summed E-state index contributed by atoms with van der Waals surface area (Å²) in [5, 5.41) is 4.85. The Bertz CT molecular complexity index is 690. The van der Waals surface area contributed by atoms with E-state index in [-0.39, 0.29) is 12.8 Å². The molecule has 10 heteroatoms. The van der Waals surface area contributed by atoms with Gasteiger partial charge < -0.3 is 15.4 Å². The molecule has 1 heterocycles. The molecule has 0 saturated heterocycles. The van der Waals surface area contributed by atoms with Gasteiger partial charge in [0, 0.05) is 10.9 Å². The van der Waals surface area contributed by atoms with Crippen LogP contribution in [-0.2, 0) is 14.3 Å². The Hall–Kier alpha value is -2.10. The summed E-state index contributed by atoms with van der Waals surface area (Å²) in [6, 6.07) is 2.82. The van der Waals surface area contributed by atoms with E-state index in [4.69, 9.17) is 4.74 Å². The normalized spacial score (nSPS) is 20.0. The highest BCUT2D eigenvalue weighted by molar-refractivity contribution is 7.13. The SMILES string of the molecule is Cc1ccc(C(=O)NCC(=O)OCC(=O)N[C@H]2CCC[C@H](C(F)(F)F)C2)s1. The van der Waals surface area contributed by atoms with Crippen LogP contribution in [0.3, 0.4) is 0 Å². The van der Waals surface area contributed by atoms with Crippen molar-refractivity contribution in [3.63, 3.8) is 0 Å². The van der Waals surface area contributed by atoms with Gasteiger partial charge in [0.2, 0.25) is 0 Å². The van der Waals surface area contributed by atoms with E-state index in [1.165, 1.54) is 11.3 Å². The van der Waals surface area contributed by atoms with Crippen LogP contribution in [0.5, 0.6) is 0 Å². The number of rotatable bonds is 6. The minimum absolute atomic E-state index is 0.0638. The van der Waals surface area contributed by atoms with Crippen LogP contribution in [0.4, 0.5) is 13.2 Å². The van der Waals surface area contributed by atoms with Crippen LogP contribution in [0.15, 0.2) is 12.1 Å². The zero-order chi connectivity index (χ0) is 20.0. The Labute approximate surface area is 158 Å². The fourth-order valence-corrected chi connectivity index (χ4v) is 3.66. The zero-order valence-electron chi connectivity index (χ0n) is 14.7. The molecule has 1 fully saturated rings. The van der Waals surface area contributed by atoms with Gasteiger partial charge in [-0.15, -0.1) is 11.3 Å². The molecule has 0 aromatic carbocycles. The van der Waals surface area contributed by atoms with E-state index in [9.17, 15) is 27.6 Å². The van der Waals surface area contributed by atoms with Crippen LogP contribution < -0.4 is 10.6 Å². The molecule has 1 aliphatic carbocycles. The molecule has 0 unspecified atom stereocenters. The number of hydrogen-bond donors (Lipinski definition) is 2. The molecule has 0 spiro atoms. The van der Waals surface area contributed by atoms with Crippen molar-refractivity contribution >= 4 is 29.1 Å².